The van der Waals surface area contributed by atoms with E-state index in [2.05, 4.69) is 20.8 Å². The topological polar surface area (TPSA) is 52.6 Å². The van der Waals surface area contributed by atoms with Gasteiger partial charge < -0.3 is 9.47 Å². The van der Waals surface area contributed by atoms with Crippen molar-refractivity contribution in [3.63, 3.8) is 0 Å². The standard InChI is InChI=1S/C28H46O4/c1-4-5-6-7-8-9-12-17-22-31-27(29)25-20-15-16-21-26(25)28(30)32-23-18-13-10-11-14-19-24(2)3/h15-16,20-21,24H,4-14,17-19,22-23H2,1-3H3. The molecular formula is C28H46O4. The molecule has 182 valence electrons. The number of unbranched alkanes of at least 4 members (excludes halogenated alkanes) is 11. The smallest absolute Gasteiger partial charge is 0.339 e. The summed E-state index contributed by atoms with van der Waals surface area (Å²) < 4.78 is 10.8. The number of carbonyl (C=O) groups is 2. The molecule has 32 heavy (non-hydrogen) atoms. The van der Waals surface area contributed by atoms with Crippen molar-refractivity contribution in [2.75, 3.05) is 13.2 Å². The fourth-order valence-corrected chi connectivity index (χ4v) is 3.75. The highest BCUT2D eigenvalue weighted by molar-refractivity contribution is 6.03. The Labute approximate surface area is 196 Å². The molecule has 0 N–H and O–H groups in total. The Balaban J connectivity index is 2.25. The molecule has 0 aliphatic heterocycles. The fraction of sp³-hybridized carbons (Fsp3) is 0.714. The molecule has 0 radical (unpaired) electrons. The first-order valence-electron chi connectivity index (χ1n) is 13.0. The molecule has 0 saturated carbocycles. The Kier molecular flexibility index (Phi) is 16.5. The average molecular weight is 447 g/mol. The fourth-order valence-electron chi connectivity index (χ4n) is 3.75. The van der Waals surface area contributed by atoms with Gasteiger partial charge in [0.05, 0.1) is 24.3 Å². The number of carbonyl (C=O) groups excluding carboxylic acids is 2. The second kappa shape index (κ2) is 18.7. The minimum Gasteiger partial charge on any atom is -0.462 e. The van der Waals surface area contributed by atoms with Crippen LogP contribution >= 0.6 is 0 Å². The molecule has 0 bridgehead atoms. The third-order valence-corrected chi connectivity index (χ3v) is 5.76. The molecule has 4 heteroatoms. The number of rotatable bonds is 19. The third-order valence-electron chi connectivity index (χ3n) is 5.76. The minimum absolute atomic E-state index is 0.297. The van der Waals surface area contributed by atoms with Gasteiger partial charge in [0.25, 0.3) is 0 Å². The molecule has 0 atom stereocenters. The summed E-state index contributed by atoms with van der Waals surface area (Å²) in [5.41, 5.74) is 0.594. The van der Waals surface area contributed by atoms with Gasteiger partial charge in [-0.1, -0.05) is 110 Å². The SMILES string of the molecule is CCCCCCCCCCOC(=O)c1ccccc1C(=O)OCCCCCCCC(C)C. The van der Waals surface area contributed by atoms with Gasteiger partial charge in [-0.3, -0.25) is 0 Å². The first-order valence-corrected chi connectivity index (χ1v) is 13.0. The predicted octanol–water partition coefficient (Wildman–Crippen LogP) is 8.14. The van der Waals surface area contributed by atoms with Gasteiger partial charge in [0.2, 0.25) is 0 Å². The van der Waals surface area contributed by atoms with Crippen molar-refractivity contribution in [2.45, 2.75) is 111 Å². The average Bonchev–Trinajstić information content (AvgIpc) is 2.79. The normalized spacial score (nSPS) is 11.0. The largest absolute Gasteiger partial charge is 0.462 e. The molecule has 0 aliphatic rings. The van der Waals surface area contributed by atoms with Crippen molar-refractivity contribution in [1.29, 1.82) is 0 Å². The van der Waals surface area contributed by atoms with Gasteiger partial charge in [-0.05, 0) is 30.9 Å². The van der Waals surface area contributed by atoms with E-state index in [4.69, 9.17) is 9.47 Å². The van der Waals surface area contributed by atoms with E-state index in [9.17, 15) is 9.59 Å². The van der Waals surface area contributed by atoms with E-state index in [-0.39, 0.29) is 0 Å². The van der Waals surface area contributed by atoms with Gasteiger partial charge in [-0.2, -0.15) is 0 Å². The lowest BCUT2D eigenvalue weighted by Gasteiger charge is -2.10. The van der Waals surface area contributed by atoms with Crippen molar-refractivity contribution >= 4 is 11.9 Å². The van der Waals surface area contributed by atoms with Crippen LogP contribution in [0.5, 0.6) is 0 Å². The molecule has 1 aromatic carbocycles. The van der Waals surface area contributed by atoms with Crippen LogP contribution in [0.2, 0.25) is 0 Å². The summed E-state index contributed by atoms with van der Waals surface area (Å²) in [7, 11) is 0. The summed E-state index contributed by atoms with van der Waals surface area (Å²) in [6.45, 7) is 7.52. The lowest BCUT2D eigenvalue weighted by molar-refractivity contribution is 0.0450. The number of esters is 2. The van der Waals surface area contributed by atoms with E-state index in [0.29, 0.717) is 24.3 Å². The number of hydrogen-bond acceptors (Lipinski definition) is 4. The summed E-state index contributed by atoms with van der Waals surface area (Å²) >= 11 is 0. The Morgan fingerprint density at radius 1 is 0.656 bits per heavy atom. The zero-order valence-electron chi connectivity index (χ0n) is 20.8. The predicted molar refractivity (Wildman–Crippen MR) is 132 cm³/mol. The van der Waals surface area contributed by atoms with E-state index in [0.717, 1.165) is 31.6 Å². The van der Waals surface area contributed by atoms with Crippen LogP contribution in [0.4, 0.5) is 0 Å². The maximum atomic E-state index is 12.5. The van der Waals surface area contributed by atoms with Crippen molar-refractivity contribution in [1.82, 2.24) is 0 Å². The van der Waals surface area contributed by atoms with E-state index in [1.165, 1.54) is 64.2 Å². The van der Waals surface area contributed by atoms with Crippen LogP contribution < -0.4 is 0 Å². The molecular weight excluding hydrogens is 400 g/mol. The van der Waals surface area contributed by atoms with E-state index >= 15 is 0 Å². The molecule has 0 fully saturated rings. The lowest BCUT2D eigenvalue weighted by Crippen LogP contribution is -2.15. The molecule has 1 aromatic rings. The first kappa shape index (κ1) is 28.2. The summed E-state index contributed by atoms with van der Waals surface area (Å²) in [4.78, 5) is 24.9. The monoisotopic (exact) mass is 446 g/mol. The second-order valence-electron chi connectivity index (χ2n) is 9.24. The maximum absolute atomic E-state index is 12.5. The summed E-state index contributed by atoms with van der Waals surface area (Å²) in [5.74, 6) is -0.113. The Morgan fingerprint density at radius 2 is 1.06 bits per heavy atom. The van der Waals surface area contributed by atoms with Crippen LogP contribution in [-0.2, 0) is 9.47 Å². The van der Waals surface area contributed by atoms with Gasteiger partial charge >= 0.3 is 11.9 Å². The van der Waals surface area contributed by atoms with Gasteiger partial charge in [0.15, 0.2) is 0 Å². The number of benzene rings is 1. The maximum Gasteiger partial charge on any atom is 0.339 e. The van der Waals surface area contributed by atoms with Crippen LogP contribution in [0.15, 0.2) is 24.3 Å². The molecule has 0 aliphatic carbocycles. The van der Waals surface area contributed by atoms with Crippen molar-refractivity contribution in [3.8, 4) is 0 Å². The van der Waals surface area contributed by atoms with Crippen LogP contribution in [0.1, 0.15) is 131 Å². The highest BCUT2D eigenvalue weighted by Gasteiger charge is 2.18. The van der Waals surface area contributed by atoms with Crippen molar-refractivity contribution in [3.05, 3.63) is 35.4 Å². The van der Waals surface area contributed by atoms with Gasteiger partial charge in [0.1, 0.15) is 0 Å². The van der Waals surface area contributed by atoms with E-state index < -0.39 is 11.9 Å². The highest BCUT2D eigenvalue weighted by Crippen LogP contribution is 2.14. The van der Waals surface area contributed by atoms with Crippen LogP contribution in [0, 0.1) is 5.92 Å². The van der Waals surface area contributed by atoms with Crippen molar-refractivity contribution < 1.29 is 19.1 Å². The van der Waals surface area contributed by atoms with E-state index in [1.807, 2.05) is 0 Å². The molecule has 4 nitrogen and oxygen atoms in total. The summed E-state index contributed by atoms with van der Waals surface area (Å²) in [6, 6.07) is 6.78. The summed E-state index contributed by atoms with van der Waals surface area (Å²) in [6.07, 6.45) is 16.4. The number of ether oxygens (including phenoxy) is 2. The van der Waals surface area contributed by atoms with Gasteiger partial charge in [0, 0.05) is 0 Å². The van der Waals surface area contributed by atoms with Crippen LogP contribution in [0.3, 0.4) is 0 Å². The Bertz CT molecular complexity index is 624. The zero-order valence-corrected chi connectivity index (χ0v) is 20.8. The third kappa shape index (κ3) is 13.5. The molecule has 0 heterocycles. The number of hydrogen-bond donors (Lipinski definition) is 0. The molecule has 1 rings (SSSR count). The molecule has 0 spiro atoms. The second-order valence-corrected chi connectivity index (χ2v) is 9.24. The quantitative estimate of drug-likeness (QED) is 0.159. The van der Waals surface area contributed by atoms with E-state index in [1.54, 1.807) is 24.3 Å². The van der Waals surface area contributed by atoms with Crippen LogP contribution in [-0.4, -0.2) is 25.2 Å². The highest BCUT2D eigenvalue weighted by atomic mass is 16.5. The molecule has 0 aromatic heterocycles. The van der Waals surface area contributed by atoms with Gasteiger partial charge in [-0.25, -0.2) is 9.59 Å². The lowest BCUT2D eigenvalue weighted by atomic mass is 10.0. The zero-order chi connectivity index (χ0) is 23.4. The molecule has 0 saturated heterocycles. The Morgan fingerprint density at radius 3 is 1.50 bits per heavy atom. The van der Waals surface area contributed by atoms with Gasteiger partial charge in [-0.15, -0.1) is 0 Å². The minimum atomic E-state index is -0.440. The molecule has 0 unspecified atom stereocenters. The summed E-state index contributed by atoms with van der Waals surface area (Å²) in [5, 5.41) is 0. The first-order chi connectivity index (χ1) is 15.6. The molecule has 0 amide bonds. The Hall–Kier alpha value is -1.84. The van der Waals surface area contributed by atoms with Crippen LogP contribution in [0.25, 0.3) is 0 Å². The van der Waals surface area contributed by atoms with Crippen molar-refractivity contribution in [2.24, 2.45) is 5.92 Å².